The minimum absolute atomic E-state index is 0.0505. The summed E-state index contributed by atoms with van der Waals surface area (Å²) in [7, 11) is 0. The molecule has 1 aliphatic heterocycles. The van der Waals surface area contributed by atoms with Crippen LogP contribution in [-0.4, -0.2) is 28.5 Å². The molecule has 2 N–H and O–H groups in total. The topological polar surface area (TPSA) is 82.6 Å². The highest BCUT2D eigenvalue weighted by molar-refractivity contribution is 6.35. The first-order valence-electron chi connectivity index (χ1n) is 9.34. The summed E-state index contributed by atoms with van der Waals surface area (Å²) in [5, 5.41) is 9.32. The van der Waals surface area contributed by atoms with Crippen LogP contribution >= 0.6 is 0 Å². The zero-order valence-electron chi connectivity index (χ0n) is 15.9. The number of H-pyrrole nitrogens is 1. The molecule has 29 heavy (non-hydrogen) atoms. The van der Waals surface area contributed by atoms with E-state index in [0.29, 0.717) is 23.4 Å². The average Bonchev–Trinajstić information content (AvgIpc) is 3.33. The van der Waals surface area contributed by atoms with Crippen molar-refractivity contribution in [2.45, 2.75) is 13.5 Å². The zero-order chi connectivity index (χ0) is 20.4. The van der Waals surface area contributed by atoms with Gasteiger partial charge in [-0.15, -0.1) is 0 Å². The van der Waals surface area contributed by atoms with Gasteiger partial charge in [0.2, 0.25) is 0 Å². The van der Waals surface area contributed by atoms with Gasteiger partial charge in [0.05, 0.1) is 16.8 Å². The third kappa shape index (κ3) is 3.52. The predicted octanol–water partition coefficient (Wildman–Crippen LogP) is 4.20. The van der Waals surface area contributed by atoms with E-state index < -0.39 is 5.97 Å². The van der Waals surface area contributed by atoms with Crippen molar-refractivity contribution < 1.29 is 19.4 Å². The van der Waals surface area contributed by atoms with Crippen molar-refractivity contribution in [2.24, 2.45) is 0 Å². The van der Waals surface area contributed by atoms with Crippen LogP contribution in [0.2, 0.25) is 0 Å². The molecule has 0 bridgehead atoms. The first-order chi connectivity index (χ1) is 14.1. The molecule has 0 radical (unpaired) electrons. The Kier molecular flexibility index (Phi) is 4.91. The second-order valence-electron chi connectivity index (χ2n) is 6.66. The lowest BCUT2D eigenvalue weighted by Gasteiger charge is -2.14. The van der Waals surface area contributed by atoms with Gasteiger partial charge in [0.25, 0.3) is 5.91 Å². The molecule has 0 spiro atoms. The first-order valence-corrected chi connectivity index (χ1v) is 9.34. The fraction of sp³-hybridized carbons (Fsp3) is 0.130. The van der Waals surface area contributed by atoms with Crippen LogP contribution in [0, 0.1) is 0 Å². The number of anilines is 1. The zero-order valence-corrected chi connectivity index (χ0v) is 15.9. The molecule has 3 aromatic rings. The Morgan fingerprint density at radius 3 is 2.72 bits per heavy atom. The van der Waals surface area contributed by atoms with Gasteiger partial charge in [0.15, 0.2) is 0 Å². The molecule has 0 atom stereocenters. The van der Waals surface area contributed by atoms with E-state index in [4.69, 9.17) is 4.74 Å². The number of hydrogen-bond acceptors (Lipinski definition) is 3. The van der Waals surface area contributed by atoms with Gasteiger partial charge in [-0.3, -0.25) is 4.79 Å². The van der Waals surface area contributed by atoms with Gasteiger partial charge in [0, 0.05) is 29.6 Å². The van der Waals surface area contributed by atoms with E-state index >= 15 is 0 Å². The average molecular weight is 388 g/mol. The highest BCUT2D eigenvalue weighted by atomic mass is 16.5. The number of aromatic nitrogens is 1. The molecule has 1 aromatic heterocycles. The lowest BCUT2D eigenvalue weighted by atomic mass is 10.1. The van der Waals surface area contributed by atoms with Crippen molar-refractivity contribution in [3.8, 4) is 5.75 Å². The highest BCUT2D eigenvalue weighted by Gasteiger charge is 2.31. The lowest BCUT2D eigenvalue weighted by Crippen LogP contribution is -2.25. The van der Waals surface area contributed by atoms with Gasteiger partial charge >= 0.3 is 5.97 Å². The van der Waals surface area contributed by atoms with E-state index in [2.05, 4.69) is 4.98 Å². The third-order valence-electron chi connectivity index (χ3n) is 4.90. The van der Waals surface area contributed by atoms with Crippen LogP contribution < -0.4 is 9.64 Å². The van der Waals surface area contributed by atoms with Gasteiger partial charge in [0.1, 0.15) is 12.4 Å². The Hall–Kier alpha value is -3.80. The number of carbonyl (C=O) groups excluding carboxylic acids is 1. The number of carboxylic acid groups (broad SMARTS) is 1. The minimum atomic E-state index is -0.987. The molecule has 2 heterocycles. The number of hydrogen-bond donors (Lipinski definition) is 2. The quantitative estimate of drug-likeness (QED) is 0.620. The maximum absolute atomic E-state index is 12.9. The molecule has 1 amide bonds. The second kappa shape index (κ2) is 7.67. The van der Waals surface area contributed by atoms with Crippen LogP contribution in [-0.2, 0) is 11.4 Å². The van der Waals surface area contributed by atoms with Crippen LogP contribution in [0.4, 0.5) is 5.69 Å². The van der Waals surface area contributed by atoms with Crippen LogP contribution in [0.15, 0.2) is 60.8 Å². The summed E-state index contributed by atoms with van der Waals surface area (Å²) in [5.74, 6) is -0.462. The molecule has 0 saturated heterocycles. The van der Waals surface area contributed by atoms with Crippen molar-refractivity contribution in [3.05, 3.63) is 83.2 Å². The summed E-state index contributed by atoms with van der Waals surface area (Å²) in [6.07, 6.45) is 3.64. The van der Waals surface area contributed by atoms with E-state index in [0.717, 1.165) is 16.9 Å². The molecule has 6 heteroatoms. The summed E-state index contributed by atoms with van der Waals surface area (Å²) >= 11 is 0. The minimum Gasteiger partial charge on any atom is -0.489 e. The lowest BCUT2D eigenvalue weighted by molar-refractivity contribution is -0.112. The Balaban J connectivity index is 1.65. The monoisotopic (exact) mass is 388 g/mol. The molecule has 0 fully saturated rings. The van der Waals surface area contributed by atoms with E-state index in [1.54, 1.807) is 35.2 Å². The van der Waals surface area contributed by atoms with Crippen molar-refractivity contribution in [1.82, 2.24) is 4.98 Å². The molecule has 0 saturated carbocycles. The van der Waals surface area contributed by atoms with Crippen molar-refractivity contribution in [2.75, 3.05) is 11.4 Å². The molecule has 1 aliphatic rings. The van der Waals surface area contributed by atoms with Gasteiger partial charge in [-0.25, -0.2) is 4.79 Å². The number of carboxylic acids is 1. The van der Waals surface area contributed by atoms with Crippen molar-refractivity contribution in [3.63, 3.8) is 0 Å². The van der Waals surface area contributed by atoms with Crippen LogP contribution in [0.1, 0.15) is 34.1 Å². The Morgan fingerprint density at radius 1 is 1.17 bits per heavy atom. The van der Waals surface area contributed by atoms with Crippen molar-refractivity contribution in [1.29, 1.82) is 0 Å². The number of nitrogens with zero attached hydrogens (tertiary/aromatic N) is 1. The summed E-state index contributed by atoms with van der Waals surface area (Å²) in [4.78, 5) is 29.1. The SMILES string of the molecule is CCN1C(=O)C(=Cc2ccc[nH]2)c2cc(OCc3ccccc3C(=O)O)ccc21. The number of nitrogens with one attached hydrogen (secondary N) is 1. The molecule has 2 aromatic carbocycles. The maximum Gasteiger partial charge on any atom is 0.336 e. The first kappa shape index (κ1) is 18.6. The Morgan fingerprint density at radius 2 is 2.00 bits per heavy atom. The summed E-state index contributed by atoms with van der Waals surface area (Å²) in [6, 6.07) is 16.0. The molecule has 4 rings (SSSR count). The second-order valence-corrected chi connectivity index (χ2v) is 6.66. The molecule has 0 unspecified atom stereocenters. The van der Waals surface area contributed by atoms with Gasteiger partial charge in [-0.2, -0.15) is 0 Å². The normalized spacial score (nSPS) is 14.3. The summed E-state index contributed by atoms with van der Waals surface area (Å²) in [5.41, 5.74) is 3.89. The smallest absolute Gasteiger partial charge is 0.336 e. The van der Waals surface area contributed by atoms with E-state index in [-0.39, 0.29) is 18.1 Å². The van der Waals surface area contributed by atoms with Crippen LogP contribution in [0.25, 0.3) is 11.6 Å². The fourth-order valence-corrected chi connectivity index (χ4v) is 3.48. The molecular formula is C23H20N2O4. The number of benzene rings is 2. The van der Waals surface area contributed by atoms with Gasteiger partial charge in [-0.05, 0) is 49.4 Å². The van der Waals surface area contributed by atoms with Crippen molar-refractivity contribution >= 4 is 29.2 Å². The number of aromatic carboxylic acids is 1. The fourth-order valence-electron chi connectivity index (χ4n) is 3.48. The van der Waals surface area contributed by atoms with E-state index in [9.17, 15) is 14.7 Å². The molecular weight excluding hydrogens is 368 g/mol. The maximum atomic E-state index is 12.9. The number of amides is 1. The molecule has 0 aliphatic carbocycles. The number of likely N-dealkylation sites (N-methyl/N-ethyl adjacent to an activating group) is 1. The highest BCUT2D eigenvalue weighted by Crippen LogP contribution is 2.39. The number of carbonyl (C=O) groups is 2. The Bertz CT molecular complexity index is 1100. The largest absolute Gasteiger partial charge is 0.489 e. The van der Waals surface area contributed by atoms with Gasteiger partial charge < -0.3 is 19.7 Å². The summed E-state index contributed by atoms with van der Waals surface area (Å²) in [6.45, 7) is 2.63. The standard InChI is InChI=1S/C23H20N2O4/c1-2-25-21-10-9-17(29-14-15-6-3-4-8-18(15)23(27)28)13-19(21)20(22(25)26)12-16-7-5-11-24-16/h3-13,24H,2,14H2,1H3,(H,27,28). The number of rotatable bonds is 6. The van der Waals surface area contributed by atoms with E-state index in [1.165, 1.54) is 0 Å². The number of aromatic amines is 1. The number of ether oxygens (including phenoxy) is 1. The molecule has 146 valence electrons. The van der Waals surface area contributed by atoms with Crippen LogP contribution in [0.5, 0.6) is 5.75 Å². The summed E-state index contributed by atoms with van der Waals surface area (Å²) < 4.78 is 5.87. The number of fused-ring (bicyclic) bond motifs is 1. The predicted molar refractivity (Wildman–Crippen MR) is 111 cm³/mol. The third-order valence-corrected chi connectivity index (χ3v) is 4.90. The molecule has 6 nitrogen and oxygen atoms in total. The van der Waals surface area contributed by atoms with Crippen LogP contribution in [0.3, 0.4) is 0 Å². The van der Waals surface area contributed by atoms with Gasteiger partial charge in [-0.1, -0.05) is 18.2 Å². The van der Waals surface area contributed by atoms with E-state index in [1.807, 2.05) is 43.5 Å². The Labute approximate surface area is 168 Å².